The molecule has 0 spiro atoms. The Morgan fingerprint density at radius 1 is 1.14 bits per heavy atom. The number of pyridine rings is 1. The van der Waals surface area contributed by atoms with Crippen molar-refractivity contribution in [2.24, 2.45) is 0 Å². The summed E-state index contributed by atoms with van der Waals surface area (Å²) in [7, 11) is 0. The smallest absolute Gasteiger partial charge is 0.270 e. The number of amides is 1. The molecule has 36 heavy (non-hydrogen) atoms. The maximum atomic E-state index is 14.7. The van der Waals surface area contributed by atoms with Crippen LogP contribution in [0.1, 0.15) is 47.1 Å². The van der Waals surface area contributed by atoms with Gasteiger partial charge in [0.05, 0.1) is 16.6 Å². The zero-order valence-corrected chi connectivity index (χ0v) is 20.3. The van der Waals surface area contributed by atoms with Crippen molar-refractivity contribution in [3.05, 3.63) is 63.7 Å². The molecule has 8 nitrogen and oxygen atoms in total. The van der Waals surface area contributed by atoms with Gasteiger partial charge in [0.15, 0.2) is 0 Å². The van der Waals surface area contributed by atoms with E-state index in [2.05, 4.69) is 20.2 Å². The number of nitrogens with one attached hydrogen (secondary N) is 2. The summed E-state index contributed by atoms with van der Waals surface area (Å²) in [6.45, 7) is 4.03. The van der Waals surface area contributed by atoms with E-state index in [-0.39, 0.29) is 23.7 Å². The largest absolute Gasteiger partial charge is 0.365 e. The Kier molecular flexibility index (Phi) is 6.95. The van der Waals surface area contributed by atoms with E-state index in [1.807, 2.05) is 30.0 Å². The fourth-order valence-corrected chi connectivity index (χ4v) is 5.37. The number of carbonyl (C=O) groups excluding carboxylic acids is 1. The summed E-state index contributed by atoms with van der Waals surface area (Å²) in [6, 6.07) is 9.18. The normalized spacial score (nSPS) is 20.7. The molecule has 3 heterocycles. The highest BCUT2D eigenvalue weighted by atomic mass is 19.1. The summed E-state index contributed by atoms with van der Waals surface area (Å²) in [5.74, 6) is -0.305. The maximum absolute atomic E-state index is 14.7. The molecule has 2 aromatic heterocycles. The average molecular weight is 497 g/mol. The number of anilines is 1. The number of H-pyrrole nitrogens is 1. The van der Waals surface area contributed by atoms with Crippen molar-refractivity contribution in [1.82, 2.24) is 25.2 Å². The summed E-state index contributed by atoms with van der Waals surface area (Å²) < 4.78 is 26.9. The lowest BCUT2D eigenvalue weighted by Gasteiger charge is -2.39. The highest BCUT2D eigenvalue weighted by molar-refractivity contribution is 5.92. The lowest BCUT2D eigenvalue weighted by atomic mass is 10.1. The van der Waals surface area contributed by atoms with Crippen LogP contribution < -0.4 is 15.8 Å². The number of hydrogen-bond donors (Lipinski definition) is 2. The number of halogens is 2. The van der Waals surface area contributed by atoms with Crippen LogP contribution in [0.2, 0.25) is 0 Å². The zero-order chi connectivity index (χ0) is 25.2. The molecule has 0 bridgehead atoms. The molecule has 2 atom stereocenters. The van der Waals surface area contributed by atoms with Crippen molar-refractivity contribution in [3.63, 3.8) is 0 Å². The van der Waals surface area contributed by atoms with E-state index in [9.17, 15) is 18.4 Å². The van der Waals surface area contributed by atoms with Crippen LogP contribution in [0, 0.1) is 12.9 Å². The van der Waals surface area contributed by atoms with Gasteiger partial charge in [-0.3, -0.25) is 14.5 Å². The van der Waals surface area contributed by atoms with Crippen LogP contribution in [0.4, 0.5) is 14.5 Å². The molecule has 2 N–H and O–H groups in total. The molecule has 1 saturated carbocycles. The first-order chi connectivity index (χ1) is 17.4. The second-order valence-corrected chi connectivity index (χ2v) is 9.61. The molecule has 1 amide bonds. The van der Waals surface area contributed by atoms with Gasteiger partial charge in [-0.1, -0.05) is 11.6 Å². The van der Waals surface area contributed by atoms with Gasteiger partial charge in [-0.05, 0) is 50.5 Å². The molecule has 10 heteroatoms. The van der Waals surface area contributed by atoms with Gasteiger partial charge in [-0.25, -0.2) is 14.4 Å². The molecule has 1 saturated heterocycles. The number of aryl methyl sites for hydroxylation is 1. The lowest BCUT2D eigenvalue weighted by Crippen LogP contribution is -2.50. The van der Waals surface area contributed by atoms with E-state index >= 15 is 0 Å². The number of benzene rings is 1. The first kappa shape index (κ1) is 24.3. The van der Waals surface area contributed by atoms with Crippen molar-refractivity contribution < 1.29 is 13.6 Å². The Balaban J connectivity index is 1.20. The molecule has 1 aromatic carbocycles. The fraction of sp³-hybridized carbons (Fsp3) is 0.462. The minimum absolute atomic E-state index is 0.0594. The molecule has 2 fully saturated rings. The molecule has 0 radical (unpaired) electrons. The number of rotatable bonds is 6. The highest BCUT2D eigenvalue weighted by Crippen LogP contribution is 2.36. The summed E-state index contributed by atoms with van der Waals surface area (Å²) in [5.41, 5.74) is 1.99. The van der Waals surface area contributed by atoms with Gasteiger partial charge in [0.25, 0.3) is 11.5 Å². The number of alkyl halides is 1. The van der Waals surface area contributed by atoms with Crippen molar-refractivity contribution in [2.45, 2.75) is 38.1 Å². The summed E-state index contributed by atoms with van der Waals surface area (Å²) in [4.78, 5) is 40.4. The topological polar surface area (TPSA) is 94.2 Å². The quantitative estimate of drug-likeness (QED) is 0.510. The first-order valence-corrected chi connectivity index (χ1v) is 12.4. The molecule has 2 unspecified atom stereocenters. The van der Waals surface area contributed by atoms with Crippen LogP contribution in [0.5, 0.6) is 0 Å². The van der Waals surface area contributed by atoms with Crippen molar-refractivity contribution >= 4 is 22.5 Å². The van der Waals surface area contributed by atoms with Gasteiger partial charge in [0, 0.05) is 44.7 Å². The molecule has 190 valence electrons. The second kappa shape index (κ2) is 10.3. The van der Waals surface area contributed by atoms with Crippen LogP contribution in [0.3, 0.4) is 0 Å². The Morgan fingerprint density at radius 2 is 1.94 bits per heavy atom. The van der Waals surface area contributed by atoms with Crippen LogP contribution in [0.15, 0.2) is 35.1 Å². The van der Waals surface area contributed by atoms with Gasteiger partial charge in [-0.15, -0.1) is 0 Å². The van der Waals surface area contributed by atoms with Crippen molar-refractivity contribution in [1.29, 1.82) is 0 Å². The highest BCUT2D eigenvalue weighted by Gasteiger charge is 2.33. The lowest BCUT2D eigenvalue weighted by molar-refractivity contribution is 0.0944. The van der Waals surface area contributed by atoms with Crippen LogP contribution in [-0.2, 0) is 0 Å². The minimum atomic E-state index is -0.696. The van der Waals surface area contributed by atoms with E-state index in [1.54, 1.807) is 6.07 Å². The second-order valence-electron chi connectivity index (χ2n) is 9.61. The number of aromatic nitrogens is 3. The predicted octanol–water partition coefficient (Wildman–Crippen LogP) is 2.92. The first-order valence-electron chi connectivity index (χ1n) is 12.4. The van der Waals surface area contributed by atoms with E-state index in [4.69, 9.17) is 4.98 Å². The fourth-order valence-electron chi connectivity index (χ4n) is 5.37. The third kappa shape index (κ3) is 4.95. The third-order valence-electron chi connectivity index (χ3n) is 7.28. The molecular weight excluding hydrogens is 466 g/mol. The Labute approximate surface area is 207 Å². The number of aromatic amines is 1. The zero-order valence-electron chi connectivity index (χ0n) is 20.3. The van der Waals surface area contributed by atoms with Gasteiger partial charge < -0.3 is 15.2 Å². The molecule has 3 aromatic rings. The molecule has 1 aliphatic heterocycles. The monoisotopic (exact) mass is 496 g/mol. The predicted molar refractivity (Wildman–Crippen MR) is 134 cm³/mol. The van der Waals surface area contributed by atoms with Gasteiger partial charge >= 0.3 is 0 Å². The summed E-state index contributed by atoms with van der Waals surface area (Å²) >= 11 is 0. The minimum Gasteiger partial charge on any atom is -0.365 e. The standard InChI is InChI=1S/C26H30F2N6O2/c1-16-2-5-20-19(14-16)25(35)32-24(31-20)17-3-4-18(15-17)33-10-12-34(13-11-33)22-7-6-21(30-23(22)28)26(36)29-9-8-27/h2,5-7,14,17-18H,3-4,8-13,15H2,1H3,(H,29,36)(H,31,32,35). The number of piperazine rings is 1. The number of hydrogen-bond acceptors (Lipinski definition) is 6. The average Bonchev–Trinajstić information content (AvgIpc) is 3.38. The van der Waals surface area contributed by atoms with Crippen LogP contribution in [0.25, 0.3) is 10.9 Å². The summed E-state index contributed by atoms with van der Waals surface area (Å²) in [6.07, 6.45) is 2.92. The van der Waals surface area contributed by atoms with Crippen molar-refractivity contribution in [3.8, 4) is 0 Å². The number of fused-ring (bicyclic) bond motifs is 1. The Hall–Kier alpha value is -3.40. The third-order valence-corrected chi connectivity index (χ3v) is 7.28. The number of nitrogens with zero attached hydrogens (tertiary/aromatic N) is 4. The summed E-state index contributed by atoms with van der Waals surface area (Å²) in [5, 5.41) is 2.98. The molecule has 2 aliphatic rings. The van der Waals surface area contributed by atoms with Gasteiger partial charge in [0.1, 0.15) is 18.2 Å². The van der Waals surface area contributed by atoms with E-state index in [1.165, 1.54) is 6.07 Å². The van der Waals surface area contributed by atoms with Gasteiger partial charge in [-0.2, -0.15) is 4.39 Å². The van der Waals surface area contributed by atoms with Crippen LogP contribution in [-0.4, -0.2) is 71.2 Å². The van der Waals surface area contributed by atoms with Gasteiger partial charge in [0.2, 0.25) is 5.95 Å². The molecular formula is C26H30F2N6O2. The van der Waals surface area contributed by atoms with E-state index in [0.29, 0.717) is 30.2 Å². The van der Waals surface area contributed by atoms with E-state index < -0.39 is 18.5 Å². The molecule has 5 rings (SSSR count). The SMILES string of the molecule is Cc1ccc2nc(C3CCC(N4CCN(c5ccc(C(=O)NCCF)nc5F)CC4)C3)[nH]c(=O)c2c1. The van der Waals surface area contributed by atoms with Crippen molar-refractivity contribution in [2.75, 3.05) is 44.3 Å². The molecule has 1 aliphatic carbocycles. The number of carbonyl (C=O) groups is 1. The Morgan fingerprint density at radius 3 is 2.69 bits per heavy atom. The van der Waals surface area contributed by atoms with Crippen LogP contribution >= 0.6 is 0 Å². The van der Waals surface area contributed by atoms with E-state index in [0.717, 1.165) is 49.3 Å². The maximum Gasteiger partial charge on any atom is 0.270 e. The Bertz CT molecular complexity index is 1320.